The Hall–Kier alpha value is -2.83. The number of nitrogens with one attached hydrogen (secondary N) is 2. The van der Waals surface area contributed by atoms with Crippen LogP contribution in [-0.4, -0.2) is 33.3 Å². The van der Waals surface area contributed by atoms with Crippen LogP contribution >= 0.6 is 0 Å². The number of hydrogen-bond acceptors (Lipinski definition) is 4. The van der Waals surface area contributed by atoms with Crippen LogP contribution < -0.4 is 10.1 Å². The van der Waals surface area contributed by atoms with Gasteiger partial charge in [-0.1, -0.05) is 0 Å². The van der Waals surface area contributed by atoms with Crippen LogP contribution in [0.2, 0.25) is 0 Å². The fourth-order valence-electron chi connectivity index (χ4n) is 1.95. The van der Waals surface area contributed by atoms with Crippen LogP contribution in [0, 0.1) is 0 Å². The van der Waals surface area contributed by atoms with Gasteiger partial charge in [0.25, 0.3) is 5.91 Å². The summed E-state index contributed by atoms with van der Waals surface area (Å²) in [7, 11) is 0. The van der Waals surface area contributed by atoms with Crippen molar-refractivity contribution in [2.45, 2.75) is 13.0 Å². The fraction of sp³-hybridized carbons (Fsp3) is 0.154. The standard InChI is InChI=1S/C13H11N3O4/c1-6-12(17)14-9-4-7(2-3-11(9)20-6)8-5-10(13(18)19)16-15-8/h2-6H,1H3,(H,14,17)(H,15,16)(H,18,19). The van der Waals surface area contributed by atoms with Crippen LogP contribution in [0.25, 0.3) is 11.3 Å². The normalized spacial score (nSPS) is 17.1. The Morgan fingerprint density at radius 2 is 2.20 bits per heavy atom. The van der Waals surface area contributed by atoms with Gasteiger partial charge < -0.3 is 15.2 Å². The van der Waals surface area contributed by atoms with Gasteiger partial charge in [0, 0.05) is 5.56 Å². The van der Waals surface area contributed by atoms with Crippen LogP contribution in [0.5, 0.6) is 5.75 Å². The molecule has 102 valence electrons. The number of amides is 1. The molecule has 3 N–H and O–H groups in total. The highest BCUT2D eigenvalue weighted by atomic mass is 16.5. The minimum Gasteiger partial charge on any atom is -0.479 e. The third-order valence-electron chi connectivity index (χ3n) is 3.01. The summed E-state index contributed by atoms with van der Waals surface area (Å²) in [6.07, 6.45) is -0.530. The number of aromatic carboxylic acids is 1. The number of carbonyl (C=O) groups excluding carboxylic acids is 1. The Morgan fingerprint density at radius 1 is 1.40 bits per heavy atom. The molecule has 2 aromatic rings. The zero-order valence-electron chi connectivity index (χ0n) is 10.5. The van der Waals surface area contributed by atoms with E-state index < -0.39 is 12.1 Å². The largest absolute Gasteiger partial charge is 0.479 e. The van der Waals surface area contributed by atoms with E-state index in [9.17, 15) is 9.59 Å². The van der Waals surface area contributed by atoms with Gasteiger partial charge in [0.2, 0.25) is 0 Å². The molecule has 0 saturated carbocycles. The number of rotatable bonds is 2. The van der Waals surface area contributed by atoms with Gasteiger partial charge >= 0.3 is 5.97 Å². The second kappa shape index (κ2) is 4.37. The third-order valence-corrected chi connectivity index (χ3v) is 3.01. The molecule has 20 heavy (non-hydrogen) atoms. The average Bonchev–Trinajstić information content (AvgIpc) is 2.89. The minimum absolute atomic E-state index is 0.00614. The molecule has 1 aliphatic heterocycles. The Labute approximate surface area is 113 Å². The molecule has 7 heteroatoms. The van der Waals surface area contributed by atoms with Gasteiger partial charge in [0.15, 0.2) is 6.10 Å². The predicted octanol–water partition coefficient (Wildman–Crippen LogP) is 1.49. The van der Waals surface area contributed by atoms with E-state index in [1.807, 2.05) is 0 Å². The van der Waals surface area contributed by atoms with Crippen LogP contribution in [0.4, 0.5) is 5.69 Å². The van der Waals surface area contributed by atoms with E-state index in [0.29, 0.717) is 22.7 Å². The number of carboxylic acid groups (broad SMARTS) is 1. The van der Waals surface area contributed by atoms with Crippen molar-refractivity contribution in [2.75, 3.05) is 5.32 Å². The molecular formula is C13H11N3O4. The number of carboxylic acids is 1. The van der Waals surface area contributed by atoms with Crippen molar-refractivity contribution in [1.29, 1.82) is 0 Å². The van der Waals surface area contributed by atoms with Gasteiger partial charge in [-0.3, -0.25) is 9.89 Å². The van der Waals surface area contributed by atoms with Gasteiger partial charge in [0.05, 0.1) is 11.4 Å². The van der Waals surface area contributed by atoms with Gasteiger partial charge in [-0.2, -0.15) is 5.10 Å². The van der Waals surface area contributed by atoms with Crippen molar-refractivity contribution in [3.05, 3.63) is 30.0 Å². The maximum atomic E-state index is 11.6. The first-order valence-corrected chi connectivity index (χ1v) is 5.95. The quantitative estimate of drug-likeness (QED) is 0.769. The van der Waals surface area contributed by atoms with Crippen molar-refractivity contribution in [1.82, 2.24) is 10.2 Å². The van der Waals surface area contributed by atoms with E-state index in [4.69, 9.17) is 9.84 Å². The highest BCUT2D eigenvalue weighted by molar-refractivity contribution is 5.98. The van der Waals surface area contributed by atoms with Gasteiger partial charge in [-0.05, 0) is 31.2 Å². The molecule has 0 fully saturated rings. The summed E-state index contributed by atoms with van der Waals surface area (Å²) in [6, 6.07) is 6.60. The Kier molecular flexibility index (Phi) is 2.67. The zero-order valence-corrected chi connectivity index (χ0v) is 10.5. The molecule has 1 aromatic heterocycles. The Bertz CT molecular complexity index is 707. The molecule has 1 aliphatic rings. The molecule has 7 nitrogen and oxygen atoms in total. The highest BCUT2D eigenvalue weighted by Crippen LogP contribution is 2.33. The molecule has 1 atom stereocenters. The lowest BCUT2D eigenvalue weighted by Gasteiger charge is -2.23. The Balaban J connectivity index is 1.97. The third kappa shape index (κ3) is 1.99. The molecule has 1 amide bonds. The molecule has 0 aliphatic carbocycles. The number of ether oxygens (including phenoxy) is 1. The van der Waals surface area contributed by atoms with Crippen LogP contribution in [-0.2, 0) is 4.79 Å². The van der Waals surface area contributed by atoms with Crippen LogP contribution in [0.15, 0.2) is 24.3 Å². The lowest BCUT2D eigenvalue weighted by atomic mass is 10.1. The summed E-state index contributed by atoms with van der Waals surface area (Å²) in [5.41, 5.74) is 1.72. The SMILES string of the molecule is CC1Oc2ccc(-c3cc(C(=O)O)[nH]n3)cc2NC1=O. The molecule has 0 saturated heterocycles. The first kappa shape index (κ1) is 12.2. The van der Waals surface area contributed by atoms with Crippen LogP contribution in [0.3, 0.4) is 0 Å². The molecule has 0 bridgehead atoms. The number of fused-ring (bicyclic) bond motifs is 1. The zero-order chi connectivity index (χ0) is 14.3. The number of anilines is 1. The number of benzene rings is 1. The van der Waals surface area contributed by atoms with Gasteiger partial charge in [-0.25, -0.2) is 4.79 Å². The summed E-state index contributed by atoms with van der Waals surface area (Å²) < 4.78 is 5.44. The number of H-pyrrole nitrogens is 1. The second-order valence-corrected chi connectivity index (χ2v) is 4.43. The fourth-order valence-corrected chi connectivity index (χ4v) is 1.95. The average molecular weight is 273 g/mol. The maximum Gasteiger partial charge on any atom is 0.353 e. The number of nitrogens with zero attached hydrogens (tertiary/aromatic N) is 1. The molecule has 3 rings (SSSR count). The van der Waals surface area contributed by atoms with Gasteiger partial charge in [-0.15, -0.1) is 0 Å². The second-order valence-electron chi connectivity index (χ2n) is 4.43. The van der Waals surface area contributed by atoms with E-state index in [1.54, 1.807) is 25.1 Å². The van der Waals surface area contributed by atoms with Gasteiger partial charge in [0.1, 0.15) is 11.4 Å². The molecule has 0 spiro atoms. The molecule has 1 aromatic carbocycles. The summed E-state index contributed by atoms with van der Waals surface area (Å²) in [6.45, 7) is 1.67. The maximum absolute atomic E-state index is 11.6. The summed E-state index contributed by atoms with van der Waals surface area (Å²) in [5.74, 6) is -0.718. The molecule has 1 unspecified atom stereocenters. The smallest absolute Gasteiger partial charge is 0.353 e. The van der Waals surface area contributed by atoms with Crippen molar-refractivity contribution in [3.63, 3.8) is 0 Å². The summed E-state index contributed by atoms with van der Waals surface area (Å²) in [4.78, 5) is 22.4. The lowest BCUT2D eigenvalue weighted by molar-refractivity contribution is -0.122. The number of aromatic nitrogens is 2. The van der Waals surface area contributed by atoms with Crippen molar-refractivity contribution >= 4 is 17.6 Å². The molecule has 2 heterocycles. The molecule has 0 radical (unpaired) electrons. The molecular weight excluding hydrogens is 262 g/mol. The van der Waals surface area contributed by atoms with Crippen molar-refractivity contribution < 1.29 is 19.4 Å². The Morgan fingerprint density at radius 3 is 2.90 bits per heavy atom. The van der Waals surface area contributed by atoms with E-state index in [-0.39, 0.29) is 11.6 Å². The van der Waals surface area contributed by atoms with E-state index >= 15 is 0 Å². The number of carbonyl (C=O) groups is 2. The summed E-state index contributed by atoms with van der Waals surface area (Å²) >= 11 is 0. The monoisotopic (exact) mass is 273 g/mol. The van der Waals surface area contributed by atoms with Crippen LogP contribution in [0.1, 0.15) is 17.4 Å². The highest BCUT2D eigenvalue weighted by Gasteiger charge is 2.24. The first-order valence-electron chi connectivity index (χ1n) is 5.95. The van der Waals surface area contributed by atoms with E-state index in [0.717, 1.165) is 0 Å². The lowest BCUT2D eigenvalue weighted by Crippen LogP contribution is -2.34. The topological polar surface area (TPSA) is 104 Å². The van der Waals surface area contributed by atoms with E-state index in [1.165, 1.54) is 6.07 Å². The van der Waals surface area contributed by atoms with E-state index in [2.05, 4.69) is 15.5 Å². The number of hydrogen-bond donors (Lipinski definition) is 3. The number of aromatic amines is 1. The van der Waals surface area contributed by atoms with Crippen molar-refractivity contribution in [3.8, 4) is 17.0 Å². The van der Waals surface area contributed by atoms with Crippen molar-refractivity contribution in [2.24, 2.45) is 0 Å². The first-order chi connectivity index (χ1) is 9.54. The predicted molar refractivity (Wildman–Crippen MR) is 69.7 cm³/mol. The summed E-state index contributed by atoms with van der Waals surface area (Å²) in [5, 5.41) is 17.9. The minimum atomic E-state index is -1.08.